The van der Waals surface area contributed by atoms with Crippen molar-refractivity contribution in [1.82, 2.24) is 19.7 Å². The van der Waals surface area contributed by atoms with Crippen LogP contribution in [0.3, 0.4) is 0 Å². The second-order valence-corrected chi connectivity index (χ2v) is 5.54. The zero-order valence-corrected chi connectivity index (χ0v) is 12.2. The van der Waals surface area contributed by atoms with Gasteiger partial charge in [-0.15, -0.1) is 0 Å². The topological polar surface area (TPSA) is 46.8 Å². The Bertz CT molecular complexity index is 821. The Hall–Kier alpha value is -2.43. The number of nitrogens with zero attached hydrogens (tertiary/aromatic N) is 5. The molecule has 0 amide bonds. The third-order valence-corrected chi connectivity index (χ3v) is 4.20. The van der Waals surface area contributed by atoms with E-state index in [9.17, 15) is 0 Å². The number of aromatic nitrogens is 4. The van der Waals surface area contributed by atoms with Crippen LogP contribution in [-0.4, -0.2) is 26.3 Å². The fourth-order valence-corrected chi connectivity index (χ4v) is 3.16. The predicted molar refractivity (Wildman–Crippen MR) is 82.2 cm³/mol. The summed E-state index contributed by atoms with van der Waals surface area (Å²) >= 11 is 0. The Morgan fingerprint density at radius 2 is 1.90 bits per heavy atom. The van der Waals surface area contributed by atoms with E-state index in [1.54, 1.807) is 6.33 Å². The molecule has 5 heteroatoms. The number of aryl methyl sites for hydroxylation is 2. The highest BCUT2D eigenvalue weighted by Crippen LogP contribution is 2.28. The summed E-state index contributed by atoms with van der Waals surface area (Å²) < 4.78 is 1.89. The molecule has 0 fully saturated rings. The molecule has 0 spiro atoms. The van der Waals surface area contributed by atoms with Gasteiger partial charge in [0.05, 0.1) is 5.69 Å². The fourth-order valence-electron chi connectivity index (χ4n) is 3.16. The number of anilines is 1. The maximum atomic E-state index is 4.53. The van der Waals surface area contributed by atoms with Gasteiger partial charge in [0.15, 0.2) is 5.82 Å². The van der Waals surface area contributed by atoms with E-state index in [2.05, 4.69) is 44.2 Å². The van der Waals surface area contributed by atoms with Crippen LogP contribution in [0, 0.1) is 6.92 Å². The van der Waals surface area contributed by atoms with Crippen molar-refractivity contribution in [1.29, 1.82) is 0 Å². The maximum Gasteiger partial charge on any atom is 0.158 e. The van der Waals surface area contributed by atoms with Crippen LogP contribution in [0.15, 0.2) is 30.6 Å². The summed E-state index contributed by atoms with van der Waals surface area (Å²) in [5, 5.41) is 4.48. The minimum Gasteiger partial charge on any atom is -0.350 e. The average molecular weight is 279 g/mol. The largest absolute Gasteiger partial charge is 0.350 e. The van der Waals surface area contributed by atoms with Gasteiger partial charge in [0, 0.05) is 20.1 Å². The molecular weight excluding hydrogens is 262 g/mol. The first-order chi connectivity index (χ1) is 10.2. The lowest BCUT2D eigenvalue weighted by Gasteiger charge is -2.30. The van der Waals surface area contributed by atoms with Crippen LogP contribution < -0.4 is 4.90 Å². The summed E-state index contributed by atoms with van der Waals surface area (Å²) in [5.41, 5.74) is 5.75. The molecule has 106 valence electrons. The normalized spacial score (nSPS) is 14.5. The highest BCUT2D eigenvalue weighted by Gasteiger charge is 2.21. The molecule has 1 aromatic carbocycles. The molecule has 0 atom stereocenters. The molecule has 0 aliphatic carbocycles. The first-order valence-electron chi connectivity index (χ1n) is 7.20. The van der Waals surface area contributed by atoms with Crippen LogP contribution in [0.25, 0.3) is 11.0 Å². The summed E-state index contributed by atoms with van der Waals surface area (Å²) in [7, 11) is 1.96. The van der Waals surface area contributed by atoms with Crippen molar-refractivity contribution in [3.05, 3.63) is 47.4 Å². The van der Waals surface area contributed by atoms with E-state index in [0.717, 1.165) is 42.1 Å². The van der Waals surface area contributed by atoms with Crippen molar-refractivity contribution >= 4 is 16.9 Å². The Morgan fingerprint density at radius 1 is 1.10 bits per heavy atom. The number of rotatable bonds is 1. The van der Waals surface area contributed by atoms with Crippen LogP contribution >= 0.6 is 0 Å². The van der Waals surface area contributed by atoms with E-state index in [-0.39, 0.29) is 0 Å². The number of hydrogen-bond donors (Lipinski definition) is 0. The van der Waals surface area contributed by atoms with Gasteiger partial charge in [-0.25, -0.2) is 9.97 Å². The van der Waals surface area contributed by atoms with Crippen molar-refractivity contribution in [3.63, 3.8) is 0 Å². The molecule has 3 aromatic rings. The van der Waals surface area contributed by atoms with Crippen LogP contribution in [0.1, 0.15) is 16.8 Å². The van der Waals surface area contributed by atoms with Gasteiger partial charge < -0.3 is 4.90 Å². The van der Waals surface area contributed by atoms with Gasteiger partial charge in [-0.05, 0) is 24.5 Å². The molecule has 0 saturated heterocycles. The molecule has 0 radical (unpaired) electrons. The van der Waals surface area contributed by atoms with Crippen molar-refractivity contribution in [3.8, 4) is 0 Å². The van der Waals surface area contributed by atoms with Gasteiger partial charge in [-0.2, -0.15) is 5.10 Å². The summed E-state index contributed by atoms with van der Waals surface area (Å²) in [6.45, 7) is 3.87. The molecule has 0 N–H and O–H groups in total. The van der Waals surface area contributed by atoms with E-state index in [0.29, 0.717) is 0 Å². The highest BCUT2D eigenvalue weighted by atomic mass is 15.3. The SMILES string of the molecule is Cc1nn(C)c2c(N3CCc4ccccc4C3)ncnc12. The minimum absolute atomic E-state index is 0.895. The molecule has 0 bridgehead atoms. The third kappa shape index (κ3) is 1.88. The minimum atomic E-state index is 0.895. The lowest BCUT2D eigenvalue weighted by atomic mass is 10.00. The summed E-state index contributed by atoms with van der Waals surface area (Å²) in [5.74, 6) is 0.984. The highest BCUT2D eigenvalue weighted by molar-refractivity contribution is 5.87. The Labute approximate surface area is 123 Å². The Kier molecular flexibility index (Phi) is 2.67. The molecule has 4 rings (SSSR count). The first-order valence-corrected chi connectivity index (χ1v) is 7.20. The number of hydrogen-bond acceptors (Lipinski definition) is 4. The Morgan fingerprint density at radius 3 is 2.76 bits per heavy atom. The lowest BCUT2D eigenvalue weighted by molar-refractivity contribution is 0.714. The van der Waals surface area contributed by atoms with Crippen LogP contribution in [-0.2, 0) is 20.0 Å². The van der Waals surface area contributed by atoms with Crippen LogP contribution in [0.2, 0.25) is 0 Å². The smallest absolute Gasteiger partial charge is 0.158 e. The number of fused-ring (bicyclic) bond motifs is 2. The molecule has 21 heavy (non-hydrogen) atoms. The molecule has 1 aliphatic rings. The van der Waals surface area contributed by atoms with E-state index in [1.807, 2.05) is 18.7 Å². The molecule has 3 heterocycles. The van der Waals surface area contributed by atoms with Gasteiger partial charge in [-0.3, -0.25) is 4.68 Å². The van der Waals surface area contributed by atoms with Crippen molar-refractivity contribution in [2.75, 3.05) is 11.4 Å². The Balaban J connectivity index is 1.82. The molecule has 0 saturated carbocycles. The lowest BCUT2D eigenvalue weighted by Crippen LogP contribution is -2.31. The second kappa shape index (κ2) is 4.55. The van der Waals surface area contributed by atoms with Crippen LogP contribution in [0.5, 0.6) is 0 Å². The zero-order valence-electron chi connectivity index (χ0n) is 12.2. The summed E-state index contributed by atoms with van der Waals surface area (Å²) in [4.78, 5) is 11.2. The van der Waals surface area contributed by atoms with Gasteiger partial charge in [-0.1, -0.05) is 24.3 Å². The van der Waals surface area contributed by atoms with Gasteiger partial charge in [0.1, 0.15) is 17.4 Å². The van der Waals surface area contributed by atoms with Gasteiger partial charge >= 0.3 is 0 Å². The van der Waals surface area contributed by atoms with E-state index < -0.39 is 0 Å². The maximum absolute atomic E-state index is 4.53. The van der Waals surface area contributed by atoms with Crippen molar-refractivity contribution < 1.29 is 0 Å². The monoisotopic (exact) mass is 279 g/mol. The molecule has 2 aromatic heterocycles. The molecule has 5 nitrogen and oxygen atoms in total. The standard InChI is InChI=1S/C16H17N5/c1-11-14-15(20(2)19-11)16(18-10-17-14)21-8-7-12-5-3-4-6-13(12)9-21/h3-6,10H,7-9H2,1-2H3. The fraction of sp³-hybridized carbons (Fsp3) is 0.312. The van der Waals surface area contributed by atoms with Crippen LogP contribution in [0.4, 0.5) is 5.82 Å². The predicted octanol–water partition coefficient (Wildman–Crippen LogP) is 2.23. The van der Waals surface area contributed by atoms with Crippen molar-refractivity contribution in [2.24, 2.45) is 7.05 Å². The molecule has 1 aliphatic heterocycles. The van der Waals surface area contributed by atoms with E-state index in [1.165, 1.54) is 11.1 Å². The average Bonchev–Trinajstić information content (AvgIpc) is 2.82. The van der Waals surface area contributed by atoms with Gasteiger partial charge in [0.25, 0.3) is 0 Å². The first kappa shape index (κ1) is 12.3. The van der Waals surface area contributed by atoms with E-state index >= 15 is 0 Å². The third-order valence-electron chi connectivity index (χ3n) is 4.20. The summed E-state index contributed by atoms with van der Waals surface area (Å²) in [6.07, 6.45) is 2.70. The number of benzene rings is 1. The zero-order chi connectivity index (χ0) is 14.4. The van der Waals surface area contributed by atoms with E-state index in [4.69, 9.17) is 0 Å². The molecular formula is C16H17N5. The van der Waals surface area contributed by atoms with Crippen molar-refractivity contribution in [2.45, 2.75) is 19.9 Å². The second-order valence-electron chi connectivity index (χ2n) is 5.54. The summed E-state index contributed by atoms with van der Waals surface area (Å²) in [6, 6.07) is 8.64. The quantitative estimate of drug-likeness (QED) is 0.685. The molecule has 0 unspecified atom stereocenters. The van der Waals surface area contributed by atoms with Gasteiger partial charge in [0.2, 0.25) is 0 Å².